The number of primary amides is 1. The molecule has 4 heteroatoms. The molecule has 0 spiro atoms. The van der Waals surface area contributed by atoms with Crippen molar-refractivity contribution >= 4 is 29.2 Å². The van der Waals surface area contributed by atoms with Gasteiger partial charge in [0.2, 0.25) is 5.91 Å². The van der Waals surface area contributed by atoms with E-state index in [0.717, 1.165) is 22.8 Å². The third-order valence-electron chi connectivity index (χ3n) is 2.51. The second-order valence-electron chi connectivity index (χ2n) is 3.70. The van der Waals surface area contributed by atoms with Gasteiger partial charge in [-0.25, -0.2) is 0 Å². The zero-order valence-electron chi connectivity index (χ0n) is 9.14. The lowest BCUT2D eigenvalue weighted by molar-refractivity contribution is -0.117. The summed E-state index contributed by atoms with van der Waals surface area (Å²) < 4.78 is 0. The number of hydrogen-bond acceptors (Lipinski definition) is 2. The molecule has 0 saturated carbocycles. The van der Waals surface area contributed by atoms with Crippen LogP contribution in [0.3, 0.4) is 0 Å². The maximum Gasteiger partial charge on any atom is 0.221 e. The van der Waals surface area contributed by atoms with Crippen molar-refractivity contribution in [2.24, 2.45) is 5.73 Å². The molecule has 0 unspecified atom stereocenters. The van der Waals surface area contributed by atoms with Crippen molar-refractivity contribution in [3.05, 3.63) is 41.6 Å². The van der Waals surface area contributed by atoms with Crippen LogP contribution in [0.25, 0.3) is 17.0 Å². The Hall–Kier alpha value is -2.36. The number of nitrogens with one attached hydrogen (secondary N) is 1. The highest BCUT2D eigenvalue weighted by atomic mass is 16.1. The SMILES string of the molecule is NC(=O)CC=Cc1cccc2[nH]cc(C=O)c12. The lowest BCUT2D eigenvalue weighted by Gasteiger charge is -1.97. The number of rotatable bonds is 4. The molecule has 0 saturated heterocycles. The quantitative estimate of drug-likeness (QED) is 0.784. The average molecular weight is 228 g/mol. The van der Waals surface area contributed by atoms with Crippen molar-refractivity contribution in [1.82, 2.24) is 4.98 Å². The summed E-state index contributed by atoms with van der Waals surface area (Å²) in [5.41, 5.74) is 7.46. The maximum atomic E-state index is 10.9. The van der Waals surface area contributed by atoms with Gasteiger partial charge in [-0.15, -0.1) is 0 Å². The average Bonchev–Trinajstić information content (AvgIpc) is 2.72. The van der Waals surface area contributed by atoms with Gasteiger partial charge >= 0.3 is 0 Å². The first-order valence-corrected chi connectivity index (χ1v) is 5.22. The summed E-state index contributed by atoms with van der Waals surface area (Å²) in [6.45, 7) is 0. The fourth-order valence-electron chi connectivity index (χ4n) is 1.77. The molecule has 0 atom stereocenters. The molecule has 1 aromatic carbocycles. The van der Waals surface area contributed by atoms with Gasteiger partial charge in [0.15, 0.2) is 6.29 Å². The standard InChI is InChI=1S/C13H12N2O2/c14-12(17)6-2-4-9-3-1-5-11-13(9)10(8-16)7-15-11/h1-5,7-8,15H,6H2,(H2,14,17). The predicted octanol–water partition coefficient (Wildman–Crippen LogP) is 1.87. The summed E-state index contributed by atoms with van der Waals surface area (Å²) in [5.74, 6) is -0.377. The summed E-state index contributed by atoms with van der Waals surface area (Å²) in [4.78, 5) is 24.6. The molecule has 2 aromatic rings. The number of H-pyrrole nitrogens is 1. The highest BCUT2D eigenvalue weighted by Gasteiger charge is 2.05. The molecule has 3 N–H and O–H groups in total. The van der Waals surface area contributed by atoms with Gasteiger partial charge in [-0.1, -0.05) is 24.3 Å². The lowest BCUT2D eigenvalue weighted by Crippen LogP contribution is -2.07. The normalized spacial score (nSPS) is 11.1. The van der Waals surface area contributed by atoms with Crippen molar-refractivity contribution < 1.29 is 9.59 Å². The smallest absolute Gasteiger partial charge is 0.221 e. The van der Waals surface area contributed by atoms with Crippen LogP contribution in [0, 0.1) is 0 Å². The first-order chi connectivity index (χ1) is 8.22. The number of hydrogen-bond donors (Lipinski definition) is 2. The minimum atomic E-state index is -0.377. The highest BCUT2D eigenvalue weighted by Crippen LogP contribution is 2.22. The van der Waals surface area contributed by atoms with Gasteiger partial charge in [0.1, 0.15) is 0 Å². The Bertz CT molecular complexity index is 596. The number of amides is 1. The molecule has 2 rings (SSSR count). The Kier molecular flexibility index (Phi) is 3.05. The Labute approximate surface area is 98.1 Å². The fourth-order valence-corrected chi connectivity index (χ4v) is 1.77. The number of aldehydes is 1. The molecule has 0 aliphatic heterocycles. The van der Waals surface area contributed by atoms with Crippen molar-refractivity contribution in [2.75, 3.05) is 0 Å². The number of nitrogens with two attached hydrogens (primary N) is 1. The maximum absolute atomic E-state index is 10.9. The minimum absolute atomic E-state index is 0.192. The first kappa shape index (κ1) is 11.1. The van der Waals surface area contributed by atoms with Crippen LogP contribution < -0.4 is 5.73 Å². The van der Waals surface area contributed by atoms with Gasteiger partial charge in [0, 0.05) is 29.1 Å². The number of aromatic amines is 1. The molecule has 86 valence electrons. The van der Waals surface area contributed by atoms with Crippen molar-refractivity contribution in [1.29, 1.82) is 0 Å². The Morgan fingerprint density at radius 1 is 1.35 bits per heavy atom. The summed E-state index contributed by atoms with van der Waals surface area (Å²) in [6.07, 6.45) is 6.16. The van der Waals surface area contributed by atoms with Gasteiger partial charge in [-0.2, -0.15) is 0 Å². The van der Waals surface area contributed by atoms with E-state index in [0.29, 0.717) is 5.56 Å². The first-order valence-electron chi connectivity index (χ1n) is 5.22. The van der Waals surface area contributed by atoms with Gasteiger partial charge in [-0.3, -0.25) is 9.59 Å². The summed E-state index contributed by atoms with van der Waals surface area (Å²) in [7, 11) is 0. The predicted molar refractivity (Wildman–Crippen MR) is 66.5 cm³/mol. The minimum Gasteiger partial charge on any atom is -0.369 e. The summed E-state index contributed by atoms with van der Waals surface area (Å²) >= 11 is 0. The topological polar surface area (TPSA) is 76.0 Å². The largest absolute Gasteiger partial charge is 0.369 e. The molecule has 1 aromatic heterocycles. The van der Waals surface area contributed by atoms with E-state index in [2.05, 4.69) is 4.98 Å². The number of fused-ring (bicyclic) bond motifs is 1. The number of aromatic nitrogens is 1. The summed E-state index contributed by atoms with van der Waals surface area (Å²) in [5, 5.41) is 0.864. The van der Waals surface area contributed by atoms with Gasteiger partial charge < -0.3 is 10.7 Å². The zero-order valence-corrected chi connectivity index (χ0v) is 9.14. The van der Waals surface area contributed by atoms with Gasteiger partial charge in [-0.05, 0) is 11.6 Å². The van der Waals surface area contributed by atoms with E-state index in [1.807, 2.05) is 18.2 Å². The lowest BCUT2D eigenvalue weighted by atomic mass is 10.1. The second kappa shape index (κ2) is 4.65. The zero-order chi connectivity index (χ0) is 12.3. The second-order valence-corrected chi connectivity index (χ2v) is 3.70. The highest BCUT2D eigenvalue weighted by molar-refractivity contribution is 6.01. The van der Waals surface area contributed by atoms with Crippen LogP contribution in [-0.2, 0) is 4.79 Å². The summed E-state index contributed by atoms with van der Waals surface area (Å²) in [6, 6.07) is 5.67. The molecule has 1 heterocycles. The molecule has 0 bridgehead atoms. The molecule has 1 amide bonds. The van der Waals surface area contributed by atoms with Crippen LogP contribution in [0.2, 0.25) is 0 Å². The molecule has 4 nitrogen and oxygen atoms in total. The third kappa shape index (κ3) is 2.25. The number of carbonyl (C=O) groups excluding carboxylic acids is 2. The number of carbonyl (C=O) groups is 2. The van der Waals surface area contributed by atoms with Crippen LogP contribution >= 0.6 is 0 Å². The van der Waals surface area contributed by atoms with Crippen molar-refractivity contribution in [3.8, 4) is 0 Å². The van der Waals surface area contributed by atoms with Gasteiger partial charge in [0.05, 0.1) is 0 Å². The third-order valence-corrected chi connectivity index (χ3v) is 2.51. The van der Waals surface area contributed by atoms with Crippen molar-refractivity contribution in [3.63, 3.8) is 0 Å². The van der Waals surface area contributed by atoms with E-state index < -0.39 is 0 Å². The monoisotopic (exact) mass is 228 g/mol. The Balaban J connectivity index is 2.45. The number of benzene rings is 1. The van der Waals surface area contributed by atoms with E-state index >= 15 is 0 Å². The van der Waals surface area contributed by atoms with E-state index in [1.54, 1.807) is 18.3 Å². The van der Waals surface area contributed by atoms with E-state index in [-0.39, 0.29) is 12.3 Å². The molecular weight excluding hydrogens is 216 g/mol. The van der Waals surface area contributed by atoms with Crippen molar-refractivity contribution in [2.45, 2.75) is 6.42 Å². The van der Waals surface area contributed by atoms with Crippen LogP contribution in [-0.4, -0.2) is 17.2 Å². The Morgan fingerprint density at radius 2 is 2.18 bits per heavy atom. The van der Waals surface area contributed by atoms with Crippen LogP contribution in [0.15, 0.2) is 30.5 Å². The van der Waals surface area contributed by atoms with E-state index in [9.17, 15) is 9.59 Å². The molecule has 0 aliphatic rings. The molecule has 0 radical (unpaired) electrons. The molecule has 17 heavy (non-hydrogen) atoms. The molecule has 0 aliphatic carbocycles. The van der Waals surface area contributed by atoms with Crippen LogP contribution in [0.4, 0.5) is 0 Å². The fraction of sp³-hybridized carbons (Fsp3) is 0.0769. The molecular formula is C13H12N2O2. The van der Waals surface area contributed by atoms with Crippen LogP contribution in [0.1, 0.15) is 22.3 Å². The van der Waals surface area contributed by atoms with Gasteiger partial charge in [0.25, 0.3) is 0 Å². The Morgan fingerprint density at radius 3 is 2.88 bits per heavy atom. The van der Waals surface area contributed by atoms with Crippen LogP contribution in [0.5, 0.6) is 0 Å². The van der Waals surface area contributed by atoms with E-state index in [1.165, 1.54) is 0 Å². The van der Waals surface area contributed by atoms with E-state index in [4.69, 9.17) is 5.73 Å². The molecule has 0 fully saturated rings.